The molecule has 0 saturated heterocycles. The Hall–Kier alpha value is -2.23. The maximum absolute atomic E-state index is 12.0. The molecule has 88 valence electrons. The van der Waals surface area contributed by atoms with Crippen LogP contribution >= 0.6 is 0 Å². The predicted octanol–water partition coefficient (Wildman–Crippen LogP) is 2.05. The molecular formula is C13H15N3O. The number of rotatable bonds is 3. The average molecular weight is 229 g/mol. The van der Waals surface area contributed by atoms with Gasteiger partial charge in [-0.05, 0) is 25.1 Å². The lowest BCUT2D eigenvalue weighted by atomic mass is 10.1. The monoisotopic (exact) mass is 229 g/mol. The number of fused-ring (bicyclic) bond motifs is 1. The van der Waals surface area contributed by atoms with E-state index < -0.39 is 0 Å². The molecule has 4 N–H and O–H groups in total. The number of H-pyrrole nitrogens is 1. The molecule has 0 aliphatic heterocycles. The van der Waals surface area contributed by atoms with Gasteiger partial charge in [0.15, 0.2) is 0 Å². The van der Waals surface area contributed by atoms with Crippen molar-refractivity contribution < 1.29 is 4.79 Å². The lowest BCUT2D eigenvalue weighted by Gasteiger charge is -2.08. The van der Waals surface area contributed by atoms with Gasteiger partial charge in [0.25, 0.3) is 5.91 Å². The minimum absolute atomic E-state index is 0.0616. The Morgan fingerprint density at radius 3 is 3.06 bits per heavy atom. The topological polar surface area (TPSA) is 70.9 Å². The molecule has 2 aromatic rings. The number of aromatic amines is 1. The third kappa shape index (κ3) is 2.15. The molecule has 1 atom stereocenters. The Kier molecular flexibility index (Phi) is 2.87. The number of hydrogen-bond acceptors (Lipinski definition) is 2. The van der Waals surface area contributed by atoms with Crippen molar-refractivity contribution in [1.82, 2.24) is 10.3 Å². The van der Waals surface area contributed by atoms with Crippen LogP contribution in [-0.2, 0) is 0 Å². The third-order valence-corrected chi connectivity index (χ3v) is 2.66. The van der Waals surface area contributed by atoms with Crippen molar-refractivity contribution >= 4 is 22.5 Å². The molecule has 0 fully saturated rings. The normalized spacial score (nSPS) is 12.3. The van der Waals surface area contributed by atoms with Crippen molar-refractivity contribution in [2.75, 3.05) is 5.73 Å². The number of hydrogen-bond donors (Lipinski definition) is 3. The summed E-state index contributed by atoms with van der Waals surface area (Å²) in [6.45, 7) is 5.50. The highest BCUT2D eigenvalue weighted by Gasteiger charge is 2.13. The van der Waals surface area contributed by atoms with Gasteiger partial charge in [-0.2, -0.15) is 0 Å². The number of carbonyl (C=O) groups is 1. The molecule has 1 aromatic carbocycles. The van der Waals surface area contributed by atoms with Gasteiger partial charge in [0.05, 0.1) is 5.56 Å². The number of nitrogens with two attached hydrogens (primary N) is 1. The van der Waals surface area contributed by atoms with Crippen LogP contribution in [0.5, 0.6) is 0 Å². The van der Waals surface area contributed by atoms with E-state index in [1.165, 1.54) is 0 Å². The molecule has 0 spiro atoms. The van der Waals surface area contributed by atoms with Crippen molar-refractivity contribution in [3.63, 3.8) is 0 Å². The molecule has 1 unspecified atom stereocenters. The highest BCUT2D eigenvalue weighted by molar-refractivity contribution is 6.07. The summed E-state index contributed by atoms with van der Waals surface area (Å²) in [4.78, 5) is 15.0. The molecule has 4 heteroatoms. The Morgan fingerprint density at radius 2 is 2.35 bits per heavy atom. The Bertz CT molecular complexity index is 571. The largest absolute Gasteiger partial charge is 0.399 e. The fraction of sp³-hybridized carbons (Fsp3) is 0.154. The summed E-state index contributed by atoms with van der Waals surface area (Å²) in [6, 6.07) is 5.39. The second kappa shape index (κ2) is 4.33. The number of nitrogen functional groups attached to an aromatic ring is 1. The first kappa shape index (κ1) is 11.3. The molecule has 0 aliphatic carbocycles. The number of amides is 1. The SMILES string of the molecule is C=CC(C)NC(=O)c1c[nH]c2ccc(N)cc12. The van der Waals surface area contributed by atoms with Crippen molar-refractivity contribution in [3.8, 4) is 0 Å². The molecule has 1 amide bonds. The van der Waals surface area contributed by atoms with E-state index in [0.29, 0.717) is 11.3 Å². The van der Waals surface area contributed by atoms with Gasteiger partial charge < -0.3 is 16.0 Å². The Balaban J connectivity index is 2.38. The summed E-state index contributed by atoms with van der Waals surface area (Å²) in [5.41, 5.74) is 7.86. The van der Waals surface area contributed by atoms with E-state index in [-0.39, 0.29) is 11.9 Å². The predicted molar refractivity (Wildman–Crippen MR) is 69.8 cm³/mol. The van der Waals surface area contributed by atoms with E-state index in [0.717, 1.165) is 10.9 Å². The summed E-state index contributed by atoms with van der Waals surface area (Å²) < 4.78 is 0. The van der Waals surface area contributed by atoms with Gasteiger partial charge in [0, 0.05) is 28.8 Å². The molecule has 1 aromatic heterocycles. The first-order chi connectivity index (χ1) is 8.11. The summed E-state index contributed by atoms with van der Waals surface area (Å²) in [7, 11) is 0. The van der Waals surface area contributed by atoms with Gasteiger partial charge in [-0.25, -0.2) is 0 Å². The molecule has 4 nitrogen and oxygen atoms in total. The number of benzene rings is 1. The van der Waals surface area contributed by atoms with Crippen LogP contribution < -0.4 is 11.1 Å². The third-order valence-electron chi connectivity index (χ3n) is 2.66. The van der Waals surface area contributed by atoms with Crippen LogP contribution in [0.25, 0.3) is 10.9 Å². The Morgan fingerprint density at radius 1 is 1.59 bits per heavy atom. The van der Waals surface area contributed by atoms with Gasteiger partial charge in [-0.3, -0.25) is 4.79 Å². The quantitative estimate of drug-likeness (QED) is 0.557. The lowest BCUT2D eigenvalue weighted by molar-refractivity contribution is 0.0948. The smallest absolute Gasteiger partial charge is 0.253 e. The zero-order valence-corrected chi connectivity index (χ0v) is 9.66. The fourth-order valence-corrected chi connectivity index (χ4v) is 1.67. The molecule has 2 rings (SSSR count). The highest BCUT2D eigenvalue weighted by Crippen LogP contribution is 2.20. The van der Waals surface area contributed by atoms with Gasteiger partial charge in [0.2, 0.25) is 0 Å². The average Bonchev–Trinajstić information content (AvgIpc) is 2.71. The molecular weight excluding hydrogens is 214 g/mol. The lowest BCUT2D eigenvalue weighted by Crippen LogP contribution is -2.30. The van der Waals surface area contributed by atoms with Crippen LogP contribution in [0.3, 0.4) is 0 Å². The van der Waals surface area contributed by atoms with Crippen LogP contribution in [0.15, 0.2) is 37.1 Å². The second-order valence-electron chi connectivity index (χ2n) is 4.01. The van der Waals surface area contributed by atoms with Gasteiger partial charge >= 0.3 is 0 Å². The first-order valence-electron chi connectivity index (χ1n) is 5.42. The van der Waals surface area contributed by atoms with Crippen molar-refractivity contribution in [3.05, 3.63) is 42.6 Å². The molecule has 0 radical (unpaired) electrons. The molecule has 1 heterocycles. The number of carbonyl (C=O) groups excluding carboxylic acids is 1. The summed E-state index contributed by atoms with van der Waals surface area (Å²) in [5, 5.41) is 3.66. The second-order valence-corrected chi connectivity index (χ2v) is 4.01. The van der Waals surface area contributed by atoms with Crippen LogP contribution in [0.2, 0.25) is 0 Å². The van der Waals surface area contributed by atoms with E-state index in [4.69, 9.17) is 5.73 Å². The molecule has 17 heavy (non-hydrogen) atoms. The van der Waals surface area contributed by atoms with Gasteiger partial charge in [0.1, 0.15) is 0 Å². The zero-order chi connectivity index (χ0) is 12.4. The Labute approximate surface area is 99.5 Å². The van der Waals surface area contributed by atoms with Crippen LogP contribution in [0.4, 0.5) is 5.69 Å². The minimum Gasteiger partial charge on any atom is -0.399 e. The molecule has 0 aliphatic rings. The number of anilines is 1. The van der Waals surface area contributed by atoms with Crippen LogP contribution in [0.1, 0.15) is 17.3 Å². The van der Waals surface area contributed by atoms with Gasteiger partial charge in [-0.15, -0.1) is 6.58 Å². The highest BCUT2D eigenvalue weighted by atomic mass is 16.1. The molecule has 0 bridgehead atoms. The van der Waals surface area contributed by atoms with E-state index in [9.17, 15) is 4.79 Å². The van der Waals surface area contributed by atoms with Crippen molar-refractivity contribution in [2.24, 2.45) is 0 Å². The standard InChI is InChI=1S/C13H15N3O/c1-3-8(2)16-13(17)11-7-15-12-5-4-9(14)6-10(11)12/h3-8,15H,1,14H2,2H3,(H,16,17). The summed E-state index contributed by atoms with van der Waals surface area (Å²) in [5.74, 6) is -0.130. The zero-order valence-electron chi connectivity index (χ0n) is 9.66. The maximum atomic E-state index is 12.0. The molecule has 0 saturated carbocycles. The van der Waals surface area contributed by atoms with Gasteiger partial charge in [-0.1, -0.05) is 6.08 Å². The summed E-state index contributed by atoms with van der Waals surface area (Å²) in [6.07, 6.45) is 3.37. The maximum Gasteiger partial charge on any atom is 0.253 e. The number of nitrogens with one attached hydrogen (secondary N) is 2. The van der Waals surface area contributed by atoms with E-state index >= 15 is 0 Å². The van der Waals surface area contributed by atoms with E-state index in [1.54, 1.807) is 24.4 Å². The van der Waals surface area contributed by atoms with E-state index in [2.05, 4.69) is 16.9 Å². The first-order valence-corrected chi connectivity index (χ1v) is 5.42. The van der Waals surface area contributed by atoms with Crippen LogP contribution in [0, 0.1) is 0 Å². The minimum atomic E-state index is -0.130. The van der Waals surface area contributed by atoms with Crippen LogP contribution in [-0.4, -0.2) is 16.9 Å². The summed E-state index contributed by atoms with van der Waals surface area (Å²) >= 11 is 0. The number of aromatic nitrogens is 1. The van der Waals surface area contributed by atoms with Crippen molar-refractivity contribution in [1.29, 1.82) is 0 Å². The van der Waals surface area contributed by atoms with Crippen molar-refractivity contribution in [2.45, 2.75) is 13.0 Å². The van der Waals surface area contributed by atoms with E-state index in [1.807, 2.05) is 13.0 Å². The fourth-order valence-electron chi connectivity index (χ4n) is 1.67.